The summed E-state index contributed by atoms with van der Waals surface area (Å²) >= 11 is 1.15. The van der Waals surface area contributed by atoms with Gasteiger partial charge in [0.05, 0.1) is 34.9 Å². The van der Waals surface area contributed by atoms with Gasteiger partial charge in [-0.15, -0.1) is 0 Å². The molecular formula is C28H32N4O6S. The zero-order chi connectivity index (χ0) is 27.6. The molecule has 1 unspecified atom stereocenters. The maximum atomic E-state index is 13.2. The van der Waals surface area contributed by atoms with Crippen LogP contribution in [0.2, 0.25) is 0 Å². The zero-order valence-corrected chi connectivity index (χ0v) is 22.6. The Bertz CT molecular complexity index is 1370. The summed E-state index contributed by atoms with van der Waals surface area (Å²) in [7, 11) is 0. The average molecular weight is 553 g/mol. The first kappa shape index (κ1) is 28.3. The molecule has 0 radical (unpaired) electrons. The molecule has 0 bridgehead atoms. The molecule has 2 heterocycles. The Morgan fingerprint density at radius 2 is 1.92 bits per heavy atom. The van der Waals surface area contributed by atoms with E-state index in [9.17, 15) is 19.2 Å². The number of carbonyl (C=O) groups is 3. The van der Waals surface area contributed by atoms with Gasteiger partial charge >= 0.3 is 5.97 Å². The van der Waals surface area contributed by atoms with Gasteiger partial charge in [-0.3, -0.25) is 19.0 Å². The molecule has 11 heteroatoms. The molecule has 3 aromatic rings. The number of fused-ring (bicyclic) bond motifs is 1. The lowest BCUT2D eigenvalue weighted by atomic mass is 10.2. The molecule has 10 nitrogen and oxygen atoms in total. The van der Waals surface area contributed by atoms with E-state index in [0.717, 1.165) is 31.2 Å². The van der Waals surface area contributed by atoms with Crippen molar-refractivity contribution in [3.63, 3.8) is 0 Å². The maximum absolute atomic E-state index is 13.2. The average Bonchev–Trinajstić information content (AvgIpc) is 3.46. The number of hydrogen-bond donors (Lipinski definition) is 2. The van der Waals surface area contributed by atoms with Crippen LogP contribution in [0.15, 0.2) is 58.5 Å². The topological polar surface area (TPSA) is 129 Å². The normalized spacial score (nSPS) is 14.7. The SMILES string of the molecule is CCOC(=O)c1ccc(NC(=O)CSc2nc3ccccc3c(=O)n2CCCC(=O)NCC2CCCO2)cc1. The highest BCUT2D eigenvalue weighted by molar-refractivity contribution is 7.99. The number of nitrogens with one attached hydrogen (secondary N) is 2. The van der Waals surface area contributed by atoms with Crippen LogP contribution >= 0.6 is 11.8 Å². The van der Waals surface area contributed by atoms with Crippen molar-refractivity contribution in [1.82, 2.24) is 14.9 Å². The number of anilines is 1. The molecule has 1 fully saturated rings. The minimum absolute atomic E-state index is 0.0201. The van der Waals surface area contributed by atoms with Crippen molar-refractivity contribution in [3.8, 4) is 0 Å². The largest absolute Gasteiger partial charge is 0.462 e. The lowest BCUT2D eigenvalue weighted by molar-refractivity contribution is -0.121. The highest BCUT2D eigenvalue weighted by Crippen LogP contribution is 2.19. The van der Waals surface area contributed by atoms with Crippen LogP contribution in [0.5, 0.6) is 0 Å². The van der Waals surface area contributed by atoms with Gasteiger partial charge in [-0.05, 0) is 62.6 Å². The minimum Gasteiger partial charge on any atom is -0.462 e. The Labute approximate surface area is 230 Å². The van der Waals surface area contributed by atoms with Crippen LogP contribution in [0, 0.1) is 0 Å². The first-order valence-electron chi connectivity index (χ1n) is 13.0. The first-order valence-corrected chi connectivity index (χ1v) is 14.0. The van der Waals surface area contributed by atoms with E-state index in [1.807, 2.05) is 0 Å². The molecule has 1 aliphatic heterocycles. The first-order chi connectivity index (χ1) is 18.9. The summed E-state index contributed by atoms with van der Waals surface area (Å²) < 4.78 is 12.0. The van der Waals surface area contributed by atoms with Crippen LogP contribution in [0.1, 0.15) is 43.0 Å². The molecule has 1 saturated heterocycles. The van der Waals surface area contributed by atoms with Crippen molar-refractivity contribution in [2.24, 2.45) is 0 Å². The van der Waals surface area contributed by atoms with Crippen molar-refractivity contribution in [2.45, 2.75) is 50.4 Å². The number of para-hydroxylation sites is 1. The second-order valence-corrected chi connectivity index (χ2v) is 9.99. The quantitative estimate of drug-likeness (QED) is 0.199. The van der Waals surface area contributed by atoms with Crippen LogP contribution < -0.4 is 16.2 Å². The van der Waals surface area contributed by atoms with Gasteiger partial charge in [-0.2, -0.15) is 0 Å². The number of thioether (sulfide) groups is 1. The molecule has 39 heavy (non-hydrogen) atoms. The lowest BCUT2D eigenvalue weighted by Crippen LogP contribution is -2.32. The number of esters is 1. The molecule has 0 saturated carbocycles. The fraction of sp³-hybridized carbons (Fsp3) is 0.393. The molecule has 2 amide bonds. The maximum Gasteiger partial charge on any atom is 0.338 e. The number of rotatable bonds is 12. The standard InChI is InChI=1S/C28H32N4O6S/c1-2-37-27(36)19-11-13-20(14-12-19)30-25(34)18-39-28-31-23-9-4-3-8-22(23)26(35)32(28)15-5-10-24(33)29-17-21-7-6-16-38-21/h3-4,8-9,11-14,21H,2,5-7,10,15-18H2,1H3,(H,29,33)(H,30,34). The van der Waals surface area contributed by atoms with Gasteiger partial charge in [0.25, 0.3) is 5.56 Å². The van der Waals surface area contributed by atoms with Crippen LogP contribution in [-0.2, 0) is 25.6 Å². The van der Waals surface area contributed by atoms with Gasteiger partial charge < -0.3 is 20.1 Å². The molecule has 206 valence electrons. The number of hydrogen-bond acceptors (Lipinski definition) is 8. The number of ether oxygens (including phenoxy) is 2. The molecule has 2 aromatic carbocycles. The van der Waals surface area contributed by atoms with Gasteiger partial charge in [0.2, 0.25) is 11.8 Å². The summed E-state index contributed by atoms with van der Waals surface area (Å²) in [5, 5.41) is 6.58. The lowest BCUT2D eigenvalue weighted by Gasteiger charge is -2.14. The molecule has 0 aliphatic carbocycles. The summed E-state index contributed by atoms with van der Waals surface area (Å²) in [5.41, 5.74) is 1.27. The van der Waals surface area contributed by atoms with E-state index in [1.165, 1.54) is 4.57 Å². The zero-order valence-electron chi connectivity index (χ0n) is 21.8. The predicted molar refractivity (Wildman–Crippen MR) is 149 cm³/mol. The van der Waals surface area contributed by atoms with Crippen molar-refractivity contribution >= 4 is 46.1 Å². The third-order valence-electron chi connectivity index (χ3n) is 6.18. The molecule has 1 aliphatic rings. The monoisotopic (exact) mass is 552 g/mol. The summed E-state index contributed by atoms with van der Waals surface area (Å²) in [4.78, 5) is 54.6. The van der Waals surface area contributed by atoms with Crippen molar-refractivity contribution in [3.05, 3.63) is 64.4 Å². The van der Waals surface area contributed by atoms with Crippen molar-refractivity contribution in [1.29, 1.82) is 0 Å². The highest BCUT2D eigenvalue weighted by Gasteiger charge is 2.17. The Morgan fingerprint density at radius 3 is 2.67 bits per heavy atom. The van der Waals surface area contributed by atoms with Crippen molar-refractivity contribution < 1.29 is 23.9 Å². The molecule has 1 aromatic heterocycles. The Balaban J connectivity index is 1.37. The summed E-state index contributed by atoms with van der Waals surface area (Å²) in [6.07, 6.45) is 2.75. The second kappa shape index (κ2) is 13.9. The van der Waals surface area contributed by atoms with E-state index in [0.29, 0.717) is 46.8 Å². The summed E-state index contributed by atoms with van der Waals surface area (Å²) in [5.74, 6) is -0.778. The Morgan fingerprint density at radius 1 is 1.13 bits per heavy atom. The number of nitrogens with zero attached hydrogens (tertiary/aromatic N) is 2. The van der Waals surface area contributed by atoms with Gasteiger partial charge in [0.15, 0.2) is 5.16 Å². The van der Waals surface area contributed by atoms with Gasteiger partial charge in [0, 0.05) is 31.8 Å². The third-order valence-corrected chi connectivity index (χ3v) is 7.15. The smallest absolute Gasteiger partial charge is 0.338 e. The van der Waals surface area contributed by atoms with E-state index < -0.39 is 5.97 Å². The molecule has 4 rings (SSSR count). The summed E-state index contributed by atoms with van der Waals surface area (Å²) in [6.45, 7) is 3.55. The number of amides is 2. The third kappa shape index (κ3) is 7.90. The van der Waals surface area contributed by atoms with Gasteiger partial charge in [0.1, 0.15) is 0 Å². The second-order valence-electron chi connectivity index (χ2n) is 9.05. The Hall–Kier alpha value is -3.70. The van der Waals surface area contributed by atoms with Crippen LogP contribution in [0.25, 0.3) is 10.9 Å². The van der Waals surface area contributed by atoms with Crippen LogP contribution in [0.4, 0.5) is 5.69 Å². The van der Waals surface area contributed by atoms with Crippen LogP contribution in [0.3, 0.4) is 0 Å². The number of aromatic nitrogens is 2. The van der Waals surface area contributed by atoms with Crippen molar-refractivity contribution in [2.75, 3.05) is 30.8 Å². The van der Waals surface area contributed by atoms with E-state index in [2.05, 4.69) is 15.6 Å². The highest BCUT2D eigenvalue weighted by atomic mass is 32.2. The molecule has 0 spiro atoms. The molecule has 2 N–H and O–H groups in total. The van der Waals surface area contributed by atoms with Gasteiger partial charge in [-0.25, -0.2) is 9.78 Å². The molecule has 1 atom stereocenters. The van der Waals surface area contributed by atoms with E-state index >= 15 is 0 Å². The number of carbonyl (C=O) groups excluding carboxylic acids is 3. The fourth-order valence-electron chi connectivity index (χ4n) is 4.21. The van der Waals surface area contributed by atoms with E-state index in [-0.39, 0.29) is 42.3 Å². The van der Waals surface area contributed by atoms with Gasteiger partial charge in [-0.1, -0.05) is 23.9 Å². The van der Waals surface area contributed by atoms with E-state index in [1.54, 1.807) is 55.5 Å². The summed E-state index contributed by atoms with van der Waals surface area (Å²) in [6, 6.07) is 13.5. The number of benzene rings is 2. The van der Waals surface area contributed by atoms with E-state index in [4.69, 9.17) is 9.47 Å². The minimum atomic E-state index is -0.424. The fourth-order valence-corrected chi connectivity index (χ4v) is 5.03. The Kier molecular flexibility index (Phi) is 10.1. The molecular weight excluding hydrogens is 520 g/mol. The predicted octanol–water partition coefficient (Wildman–Crippen LogP) is 3.38. The van der Waals surface area contributed by atoms with Crippen LogP contribution in [-0.4, -0.2) is 59.0 Å².